The van der Waals surface area contributed by atoms with Crippen LogP contribution in [0.25, 0.3) is 28.2 Å². The van der Waals surface area contributed by atoms with Crippen molar-refractivity contribution >= 4 is 34.4 Å². The van der Waals surface area contributed by atoms with Crippen molar-refractivity contribution in [1.29, 1.82) is 5.26 Å². The Labute approximate surface area is 167 Å². The molecule has 28 heavy (non-hydrogen) atoms. The van der Waals surface area contributed by atoms with Crippen LogP contribution in [-0.2, 0) is 0 Å². The third-order valence-corrected chi connectivity index (χ3v) is 4.82. The summed E-state index contributed by atoms with van der Waals surface area (Å²) >= 11 is 5.90. The maximum Gasteiger partial charge on any atom is 0.203 e. The summed E-state index contributed by atoms with van der Waals surface area (Å²) in [4.78, 5) is 16.3. The lowest BCUT2D eigenvalue weighted by atomic mass is 9.99. The van der Waals surface area contributed by atoms with Gasteiger partial charge in [0.2, 0.25) is 5.78 Å². The molecule has 1 heterocycles. The third-order valence-electron chi connectivity index (χ3n) is 4.57. The number of carbonyl (C=O) groups is 1. The second-order valence-electron chi connectivity index (χ2n) is 6.33. The van der Waals surface area contributed by atoms with Crippen LogP contribution < -0.4 is 0 Å². The van der Waals surface area contributed by atoms with Crippen LogP contribution in [0.1, 0.15) is 15.9 Å². The Balaban J connectivity index is 1.88. The van der Waals surface area contributed by atoms with Gasteiger partial charge in [-0.1, -0.05) is 60.1 Å². The number of rotatable bonds is 4. The number of fused-ring (bicyclic) bond motifs is 1. The number of Topliss-reactive ketones (excluding diaryl/α,β-unsaturated/α-hetero) is 1. The molecular weight excluding hydrogens is 368 g/mol. The van der Waals surface area contributed by atoms with Gasteiger partial charge in [-0.2, -0.15) is 5.26 Å². The minimum Gasteiger partial charge on any atom is -0.354 e. The van der Waals surface area contributed by atoms with E-state index in [9.17, 15) is 10.1 Å². The molecule has 4 aromatic rings. The van der Waals surface area contributed by atoms with E-state index in [-0.39, 0.29) is 11.4 Å². The Kier molecular flexibility index (Phi) is 4.80. The summed E-state index contributed by atoms with van der Waals surface area (Å²) in [6.07, 6.45) is 1.66. The number of ketones is 1. The van der Waals surface area contributed by atoms with Gasteiger partial charge in [-0.15, -0.1) is 0 Å². The Hall–Kier alpha value is -3.61. The number of aromatic amines is 1. The lowest BCUT2D eigenvalue weighted by Crippen LogP contribution is -2.01. The molecule has 3 nitrogen and oxygen atoms in total. The van der Waals surface area contributed by atoms with Crippen LogP contribution >= 0.6 is 11.6 Å². The van der Waals surface area contributed by atoms with Gasteiger partial charge in [-0.05, 0) is 42.0 Å². The molecule has 3 aromatic carbocycles. The van der Waals surface area contributed by atoms with Crippen LogP contribution in [-0.4, -0.2) is 10.8 Å². The van der Waals surface area contributed by atoms with Gasteiger partial charge in [0.25, 0.3) is 0 Å². The summed E-state index contributed by atoms with van der Waals surface area (Å²) in [7, 11) is 0. The fraction of sp³-hybridized carbons (Fsp3) is 0. The van der Waals surface area contributed by atoms with Gasteiger partial charge in [-0.3, -0.25) is 4.79 Å². The number of nitriles is 1. The maximum atomic E-state index is 12.9. The van der Waals surface area contributed by atoms with E-state index in [2.05, 4.69) is 11.1 Å². The normalized spacial score (nSPS) is 11.4. The van der Waals surface area contributed by atoms with Crippen molar-refractivity contribution in [2.75, 3.05) is 0 Å². The minimum absolute atomic E-state index is 0.0734. The van der Waals surface area contributed by atoms with Gasteiger partial charge in [0.05, 0.1) is 5.69 Å². The van der Waals surface area contributed by atoms with Crippen LogP contribution in [0.5, 0.6) is 0 Å². The molecule has 134 valence electrons. The zero-order valence-electron chi connectivity index (χ0n) is 14.8. The van der Waals surface area contributed by atoms with Crippen molar-refractivity contribution in [2.45, 2.75) is 0 Å². The molecule has 0 saturated carbocycles. The predicted octanol–water partition coefficient (Wildman–Crippen LogP) is 6.28. The highest BCUT2D eigenvalue weighted by atomic mass is 35.5. The number of nitrogens with zero attached hydrogens (tertiary/aromatic N) is 1. The fourth-order valence-electron chi connectivity index (χ4n) is 3.20. The van der Waals surface area contributed by atoms with Crippen LogP contribution in [0.3, 0.4) is 0 Å². The first kappa shape index (κ1) is 17.8. The minimum atomic E-state index is -0.330. The number of carbonyl (C=O) groups excluding carboxylic acids is 1. The average Bonchev–Trinajstić information content (AvgIpc) is 3.11. The van der Waals surface area contributed by atoms with Crippen LogP contribution in [0.4, 0.5) is 0 Å². The summed E-state index contributed by atoms with van der Waals surface area (Å²) in [5, 5.41) is 11.2. The first-order valence-electron chi connectivity index (χ1n) is 8.75. The number of aromatic nitrogens is 1. The molecule has 0 aliphatic heterocycles. The van der Waals surface area contributed by atoms with Gasteiger partial charge >= 0.3 is 0 Å². The van der Waals surface area contributed by atoms with E-state index in [0.717, 1.165) is 27.7 Å². The monoisotopic (exact) mass is 382 g/mol. The van der Waals surface area contributed by atoms with E-state index < -0.39 is 0 Å². The van der Waals surface area contributed by atoms with E-state index in [1.54, 1.807) is 30.3 Å². The Morgan fingerprint density at radius 2 is 1.61 bits per heavy atom. The Morgan fingerprint density at radius 3 is 2.32 bits per heavy atom. The van der Waals surface area contributed by atoms with E-state index in [1.807, 2.05) is 54.6 Å². The first-order valence-corrected chi connectivity index (χ1v) is 9.13. The van der Waals surface area contributed by atoms with Crippen LogP contribution in [0.2, 0.25) is 5.02 Å². The molecule has 4 heteroatoms. The van der Waals surface area contributed by atoms with Crippen molar-refractivity contribution in [3.63, 3.8) is 0 Å². The lowest BCUT2D eigenvalue weighted by molar-refractivity contribution is 0.104. The van der Waals surface area contributed by atoms with Gasteiger partial charge in [0.1, 0.15) is 11.6 Å². The summed E-state index contributed by atoms with van der Waals surface area (Å²) < 4.78 is 0. The van der Waals surface area contributed by atoms with Gasteiger partial charge in [-0.25, -0.2) is 0 Å². The van der Waals surface area contributed by atoms with Gasteiger partial charge in [0.15, 0.2) is 0 Å². The molecule has 0 fully saturated rings. The summed E-state index contributed by atoms with van der Waals surface area (Å²) in [6.45, 7) is 0. The Morgan fingerprint density at radius 1 is 0.929 bits per heavy atom. The molecule has 0 bridgehead atoms. The molecule has 4 rings (SSSR count). The third kappa shape index (κ3) is 3.34. The number of para-hydroxylation sites is 1. The fourth-order valence-corrected chi connectivity index (χ4v) is 3.32. The molecule has 0 aliphatic rings. The van der Waals surface area contributed by atoms with Gasteiger partial charge < -0.3 is 4.98 Å². The number of benzene rings is 3. The topological polar surface area (TPSA) is 56.6 Å². The zero-order chi connectivity index (χ0) is 19.5. The highest BCUT2D eigenvalue weighted by molar-refractivity contribution is 6.30. The molecule has 0 atom stereocenters. The van der Waals surface area contributed by atoms with Crippen LogP contribution in [0, 0.1) is 11.3 Å². The number of H-pyrrole nitrogens is 1. The molecule has 0 unspecified atom stereocenters. The van der Waals surface area contributed by atoms with Crippen LogP contribution in [0.15, 0.2) is 84.4 Å². The molecule has 0 saturated heterocycles. The number of nitrogens with one attached hydrogen (secondary N) is 1. The summed E-state index contributed by atoms with van der Waals surface area (Å²) in [6, 6.07) is 26.3. The standard InChI is InChI=1S/C24H15ClN2O/c25-19-12-10-17(11-13-19)24(28)18(15-26)14-21-20-8-4-5-9-22(20)27-23(21)16-6-2-1-3-7-16/h1-14,27H/b18-14+. The van der Waals surface area contributed by atoms with Crippen molar-refractivity contribution < 1.29 is 4.79 Å². The second-order valence-corrected chi connectivity index (χ2v) is 6.77. The average molecular weight is 383 g/mol. The molecule has 0 radical (unpaired) electrons. The van der Waals surface area contributed by atoms with E-state index in [0.29, 0.717) is 10.6 Å². The molecule has 0 amide bonds. The molecule has 1 aromatic heterocycles. The van der Waals surface area contributed by atoms with E-state index in [1.165, 1.54) is 0 Å². The van der Waals surface area contributed by atoms with Crippen molar-refractivity contribution in [3.05, 3.63) is 101 Å². The predicted molar refractivity (Wildman–Crippen MR) is 113 cm³/mol. The SMILES string of the molecule is N#C/C(=C\c1c(-c2ccccc2)[nH]c2ccccc12)C(=O)c1ccc(Cl)cc1. The quantitative estimate of drug-likeness (QED) is 0.256. The smallest absolute Gasteiger partial charge is 0.203 e. The Bertz CT molecular complexity index is 1230. The highest BCUT2D eigenvalue weighted by Gasteiger charge is 2.16. The lowest BCUT2D eigenvalue weighted by Gasteiger charge is -2.03. The molecule has 1 N–H and O–H groups in total. The van der Waals surface area contributed by atoms with E-state index in [4.69, 9.17) is 11.6 Å². The molecule has 0 spiro atoms. The highest BCUT2D eigenvalue weighted by Crippen LogP contribution is 2.32. The van der Waals surface area contributed by atoms with Crippen molar-refractivity contribution in [1.82, 2.24) is 4.98 Å². The van der Waals surface area contributed by atoms with Gasteiger partial charge in [0, 0.05) is 27.1 Å². The zero-order valence-corrected chi connectivity index (χ0v) is 15.6. The largest absolute Gasteiger partial charge is 0.354 e. The number of hydrogen-bond acceptors (Lipinski definition) is 2. The number of allylic oxidation sites excluding steroid dienone is 1. The number of hydrogen-bond donors (Lipinski definition) is 1. The number of halogens is 1. The first-order chi connectivity index (χ1) is 13.7. The molecule has 0 aliphatic carbocycles. The van der Waals surface area contributed by atoms with Crippen molar-refractivity contribution in [2.24, 2.45) is 0 Å². The molecular formula is C24H15ClN2O. The second kappa shape index (κ2) is 7.56. The summed E-state index contributed by atoms with van der Waals surface area (Å²) in [5.41, 5.74) is 4.13. The maximum absolute atomic E-state index is 12.9. The summed E-state index contributed by atoms with van der Waals surface area (Å²) in [5.74, 6) is -0.330. The van der Waals surface area contributed by atoms with Crippen molar-refractivity contribution in [3.8, 4) is 17.3 Å². The van der Waals surface area contributed by atoms with E-state index >= 15 is 0 Å².